The third kappa shape index (κ3) is 3.11. The molecule has 21 heavy (non-hydrogen) atoms. The lowest BCUT2D eigenvalue weighted by molar-refractivity contribution is 0.431. The molecule has 0 heterocycles. The summed E-state index contributed by atoms with van der Waals surface area (Å²) in [4.78, 5) is 0. The highest BCUT2D eigenvalue weighted by molar-refractivity contribution is 9.10. The quantitative estimate of drug-likeness (QED) is 0.614. The number of benzene rings is 2. The molecule has 0 saturated heterocycles. The summed E-state index contributed by atoms with van der Waals surface area (Å²) in [5, 5.41) is 2.89. The van der Waals surface area contributed by atoms with E-state index in [-0.39, 0.29) is 11.1 Å². The summed E-state index contributed by atoms with van der Waals surface area (Å²) in [6, 6.07) is 5.32. The zero-order valence-electron chi connectivity index (χ0n) is 11.1. The maximum atomic E-state index is 14.1. The molecule has 0 fully saturated rings. The van der Waals surface area contributed by atoms with Crippen LogP contribution in [0.15, 0.2) is 34.8 Å². The van der Waals surface area contributed by atoms with Crippen molar-refractivity contribution in [2.75, 3.05) is 6.54 Å². The first-order valence-electron chi connectivity index (χ1n) is 6.28. The van der Waals surface area contributed by atoms with Gasteiger partial charge in [-0.05, 0) is 24.7 Å². The lowest BCUT2D eigenvalue weighted by Gasteiger charge is -2.21. The van der Waals surface area contributed by atoms with Crippen LogP contribution in [0.4, 0.5) is 17.6 Å². The fourth-order valence-electron chi connectivity index (χ4n) is 2.12. The third-order valence-electron chi connectivity index (χ3n) is 3.07. The van der Waals surface area contributed by atoms with Crippen LogP contribution in [0.1, 0.15) is 24.1 Å². The van der Waals surface area contributed by atoms with Gasteiger partial charge < -0.3 is 5.32 Å². The second-order valence-electron chi connectivity index (χ2n) is 4.39. The lowest BCUT2D eigenvalue weighted by atomic mass is 9.97. The first kappa shape index (κ1) is 16.0. The minimum absolute atomic E-state index is 0.143. The van der Waals surface area contributed by atoms with Gasteiger partial charge in [0.15, 0.2) is 17.5 Å². The van der Waals surface area contributed by atoms with E-state index in [4.69, 9.17) is 0 Å². The minimum Gasteiger partial charge on any atom is -0.306 e. The molecule has 0 aromatic heterocycles. The molecule has 1 nitrogen and oxygen atoms in total. The number of halogens is 5. The summed E-state index contributed by atoms with van der Waals surface area (Å²) in [5.41, 5.74) is -0.00851. The van der Waals surface area contributed by atoms with Crippen LogP contribution in [0, 0.1) is 23.3 Å². The first-order chi connectivity index (χ1) is 9.97. The normalized spacial score (nSPS) is 12.5. The molecule has 0 aliphatic heterocycles. The fraction of sp³-hybridized carbons (Fsp3) is 0.200. The molecule has 0 bridgehead atoms. The largest absolute Gasteiger partial charge is 0.306 e. The lowest BCUT2D eigenvalue weighted by Crippen LogP contribution is -2.25. The average Bonchev–Trinajstić information content (AvgIpc) is 2.44. The van der Waals surface area contributed by atoms with Crippen molar-refractivity contribution in [2.45, 2.75) is 13.0 Å². The summed E-state index contributed by atoms with van der Waals surface area (Å²) < 4.78 is 54.9. The molecule has 2 rings (SSSR count). The van der Waals surface area contributed by atoms with Gasteiger partial charge in [0.25, 0.3) is 0 Å². The van der Waals surface area contributed by atoms with Gasteiger partial charge in [0.1, 0.15) is 5.82 Å². The van der Waals surface area contributed by atoms with Crippen molar-refractivity contribution < 1.29 is 17.6 Å². The second-order valence-corrected chi connectivity index (χ2v) is 5.24. The van der Waals surface area contributed by atoms with Crippen molar-refractivity contribution in [3.05, 3.63) is 69.2 Å². The molecular weight excluding hydrogens is 350 g/mol. The zero-order chi connectivity index (χ0) is 15.6. The predicted molar refractivity (Wildman–Crippen MR) is 75.9 cm³/mol. The molecule has 1 unspecified atom stereocenters. The summed E-state index contributed by atoms with van der Waals surface area (Å²) in [6.45, 7) is 2.14. The van der Waals surface area contributed by atoms with Crippen LogP contribution < -0.4 is 5.32 Å². The number of nitrogens with one attached hydrogen (secondary N) is 1. The summed E-state index contributed by atoms with van der Waals surface area (Å²) in [7, 11) is 0. The van der Waals surface area contributed by atoms with Crippen molar-refractivity contribution in [1.82, 2.24) is 5.32 Å². The van der Waals surface area contributed by atoms with Gasteiger partial charge in [-0.2, -0.15) is 0 Å². The Bertz CT molecular complexity index is 640. The average molecular weight is 362 g/mol. The Morgan fingerprint density at radius 3 is 2.33 bits per heavy atom. The molecule has 2 aromatic rings. The van der Waals surface area contributed by atoms with E-state index in [1.165, 1.54) is 12.1 Å². The molecule has 2 aromatic carbocycles. The van der Waals surface area contributed by atoms with E-state index >= 15 is 0 Å². The summed E-state index contributed by atoms with van der Waals surface area (Å²) in [5.74, 6) is -4.74. The fourth-order valence-corrected chi connectivity index (χ4v) is 2.69. The predicted octanol–water partition coefficient (Wildman–Crippen LogP) is 4.70. The highest BCUT2D eigenvalue weighted by atomic mass is 79.9. The SMILES string of the molecule is CCNC(c1ccc(F)c(F)c1F)c1c(F)cccc1Br. The Morgan fingerprint density at radius 2 is 1.71 bits per heavy atom. The Balaban J connectivity index is 2.62. The van der Waals surface area contributed by atoms with Gasteiger partial charge in [-0.3, -0.25) is 0 Å². The van der Waals surface area contributed by atoms with Crippen LogP contribution >= 0.6 is 15.9 Å². The van der Waals surface area contributed by atoms with Gasteiger partial charge in [0.05, 0.1) is 6.04 Å². The maximum Gasteiger partial charge on any atom is 0.194 e. The Labute approximate surface area is 128 Å². The van der Waals surface area contributed by atoms with Gasteiger partial charge in [-0.15, -0.1) is 0 Å². The van der Waals surface area contributed by atoms with Crippen molar-refractivity contribution in [3.8, 4) is 0 Å². The number of rotatable bonds is 4. The van der Waals surface area contributed by atoms with Crippen LogP contribution in [0.2, 0.25) is 0 Å². The Morgan fingerprint density at radius 1 is 1.00 bits per heavy atom. The van der Waals surface area contributed by atoms with Crippen molar-refractivity contribution >= 4 is 15.9 Å². The molecule has 1 atom stereocenters. The molecule has 1 N–H and O–H groups in total. The minimum atomic E-state index is -1.57. The molecule has 0 spiro atoms. The molecule has 0 amide bonds. The van der Waals surface area contributed by atoms with Gasteiger partial charge in [-0.25, -0.2) is 17.6 Å². The van der Waals surface area contributed by atoms with Gasteiger partial charge in [-0.1, -0.05) is 35.0 Å². The smallest absolute Gasteiger partial charge is 0.194 e. The van der Waals surface area contributed by atoms with E-state index in [1.54, 1.807) is 13.0 Å². The number of hydrogen-bond acceptors (Lipinski definition) is 1. The third-order valence-corrected chi connectivity index (χ3v) is 3.76. The molecular formula is C15H12BrF4N. The topological polar surface area (TPSA) is 12.0 Å². The molecule has 6 heteroatoms. The zero-order valence-corrected chi connectivity index (χ0v) is 12.6. The summed E-state index contributed by atoms with van der Waals surface area (Å²) in [6.07, 6.45) is 0. The molecule has 112 valence electrons. The van der Waals surface area contributed by atoms with Gasteiger partial charge >= 0.3 is 0 Å². The number of hydrogen-bond donors (Lipinski definition) is 1. The van der Waals surface area contributed by atoms with Crippen LogP contribution in [-0.2, 0) is 0 Å². The van der Waals surface area contributed by atoms with E-state index < -0.39 is 29.3 Å². The monoisotopic (exact) mass is 361 g/mol. The first-order valence-corrected chi connectivity index (χ1v) is 7.07. The molecule has 0 aliphatic rings. The maximum absolute atomic E-state index is 14.1. The van der Waals surface area contributed by atoms with Gasteiger partial charge in [0.2, 0.25) is 0 Å². The molecule has 0 aliphatic carbocycles. The highest BCUT2D eigenvalue weighted by Gasteiger charge is 2.25. The van der Waals surface area contributed by atoms with Crippen molar-refractivity contribution in [3.63, 3.8) is 0 Å². The summed E-state index contributed by atoms with van der Waals surface area (Å²) >= 11 is 3.20. The van der Waals surface area contributed by atoms with E-state index in [1.807, 2.05) is 0 Å². The van der Waals surface area contributed by atoms with Crippen molar-refractivity contribution in [2.24, 2.45) is 0 Å². The van der Waals surface area contributed by atoms with Crippen LogP contribution in [-0.4, -0.2) is 6.54 Å². The second kappa shape index (κ2) is 6.58. The standard InChI is InChI=1S/C15H12BrF4N/c1-2-21-15(12-9(16)4-3-5-10(12)17)8-6-7-11(18)14(20)13(8)19/h3-7,15,21H,2H2,1H3. The van der Waals surface area contributed by atoms with Gasteiger partial charge in [0, 0.05) is 15.6 Å². The van der Waals surface area contributed by atoms with E-state index in [2.05, 4.69) is 21.2 Å². The van der Waals surface area contributed by atoms with Crippen molar-refractivity contribution in [1.29, 1.82) is 0 Å². The van der Waals surface area contributed by atoms with E-state index in [0.29, 0.717) is 11.0 Å². The molecule has 0 radical (unpaired) electrons. The molecule has 0 saturated carbocycles. The van der Waals surface area contributed by atoms with Crippen LogP contribution in [0.5, 0.6) is 0 Å². The van der Waals surface area contributed by atoms with E-state index in [9.17, 15) is 17.6 Å². The van der Waals surface area contributed by atoms with Crippen LogP contribution in [0.25, 0.3) is 0 Å². The van der Waals surface area contributed by atoms with E-state index in [0.717, 1.165) is 12.1 Å². The Hall–Kier alpha value is -1.40. The van der Waals surface area contributed by atoms with Crippen LogP contribution in [0.3, 0.4) is 0 Å². The highest BCUT2D eigenvalue weighted by Crippen LogP contribution is 2.33. The Kier molecular flexibility index (Phi) is 5.00.